The van der Waals surface area contributed by atoms with Gasteiger partial charge in [-0.15, -0.1) is 0 Å². The second kappa shape index (κ2) is 7.86. The number of nitrogens with one attached hydrogen (secondary N) is 1. The fourth-order valence-electron chi connectivity index (χ4n) is 2.64. The summed E-state index contributed by atoms with van der Waals surface area (Å²) in [5, 5.41) is 2.74. The number of sulfonamides is 1. The number of ether oxygens (including phenoxy) is 2. The third kappa shape index (κ3) is 4.04. The number of anilines is 1. The summed E-state index contributed by atoms with van der Waals surface area (Å²) in [6.45, 7) is 1.36. The van der Waals surface area contributed by atoms with Crippen molar-refractivity contribution in [3.05, 3.63) is 54.1 Å². The number of carbonyl (C=O) groups is 1. The molecule has 1 N–H and O–H groups in total. The molecule has 2 aromatic carbocycles. The second-order valence-corrected chi connectivity index (χ2v) is 7.67. The highest BCUT2D eigenvalue weighted by Crippen LogP contribution is 2.20. The Balaban J connectivity index is 1.81. The molecule has 1 amide bonds. The molecule has 0 spiro atoms. The summed E-state index contributed by atoms with van der Waals surface area (Å²) in [4.78, 5) is 12.6. The van der Waals surface area contributed by atoms with Crippen molar-refractivity contribution < 1.29 is 22.7 Å². The third-order valence-electron chi connectivity index (χ3n) is 4.03. The van der Waals surface area contributed by atoms with E-state index in [1.165, 1.54) is 16.4 Å². The summed E-state index contributed by atoms with van der Waals surface area (Å²) in [5.41, 5.74) is 0.831. The molecule has 0 radical (unpaired) electrons. The maximum atomic E-state index is 12.7. The molecule has 1 saturated heterocycles. The van der Waals surface area contributed by atoms with Gasteiger partial charge in [0.1, 0.15) is 5.75 Å². The van der Waals surface area contributed by atoms with Crippen LogP contribution in [0.5, 0.6) is 5.75 Å². The minimum absolute atomic E-state index is 0.0951. The van der Waals surface area contributed by atoms with Gasteiger partial charge in [-0.1, -0.05) is 12.1 Å². The van der Waals surface area contributed by atoms with E-state index in [2.05, 4.69) is 5.32 Å². The van der Waals surface area contributed by atoms with Gasteiger partial charge in [0.05, 0.1) is 25.2 Å². The molecule has 1 fully saturated rings. The monoisotopic (exact) mass is 376 g/mol. The zero-order valence-electron chi connectivity index (χ0n) is 14.3. The maximum absolute atomic E-state index is 12.7. The first-order valence-corrected chi connectivity index (χ1v) is 9.58. The van der Waals surface area contributed by atoms with Gasteiger partial charge in [-0.3, -0.25) is 4.79 Å². The van der Waals surface area contributed by atoms with Crippen molar-refractivity contribution in [2.24, 2.45) is 0 Å². The van der Waals surface area contributed by atoms with Gasteiger partial charge in [0.25, 0.3) is 5.91 Å². The number of amides is 1. The Labute approximate surface area is 152 Å². The van der Waals surface area contributed by atoms with E-state index in [-0.39, 0.29) is 10.5 Å². The van der Waals surface area contributed by atoms with Crippen LogP contribution in [0.15, 0.2) is 53.4 Å². The normalized spacial score (nSPS) is 15.4. The highest BCUT2D eigenvalue weighted by atomic mass is 32.2. The summed E-state index contributed by atoms with van der Waals surface area (Å²) < 4.78 is 37.1. The van der Waals surface area contributed by atoms with Gasteiger partial charge >= 0.3 is 0 Å². The summed E-state index contributed by atoms with van der Waals surface area (Å²) in [5.74, 6) is 0.226. The van der Waals surface area contributed by atoms with Crippen molar-refractivity contribution in [1.29, 1.82) is 0 Å². The number of nitrogens with zero attached hydrogens (tertiary/aromatic N) is 1. The number of hydrogen-bond donors (Lipinski definition) is 1. The lowest BCUT2D eigenvalue weighted by Gasteiger charge is -2.26. The van der Waals surface area contributed by atoms with Crippen LogP contribution in [0.1, 0.15) is 10.4 Å². The molecule has 0 bridgehead atoms. The lowest BCUT2D eigenvalue weighted by atomic mass is 10.2. The Kier molecular flexibility index (Phi) is 5.55. The lowest BCUT2D eigenvalue weighted by molar-refractivity contribution is 0.0730. The van der Waals surface area contributed by atoms with E-state index in [0.717, 1.165) is 0 Å². The van der Waals surface area contributed by atoms with Gasteiger partial charge in [0.2, 0.25) is 10.0 Å². The van der Waals surface area contributed by atoms with Crippen LogP contribution < -0.4 is 10.1 Å². The van der Waals surface area contributed by atoms with E-state index >= 15 is 0 Å². The molecule has 0 saturated carbocycles. The van der Waals surface area contributed by atoms with Gasteiger partial charge in [-0.05, 0) is 30.3 Å². The minimum Gasteiger partial charge on any atom is -0.497 e. The average molecular weight is 376 g/mol. The van der Waals surface area contributed by atoms with Gasteiger partial charge in [-0.25, -0.2) is 8.42 Å². The summed E-state index contributed by atoms with van der Waals surface area (Å²) >= 11 is 0. The van der Waals surface area contributed by atoms with Crippen LogP contribution in [0.3, 0.4) is 0 Å². The summed E-state index contributed by atoms with van der Waals surface area (Å²) in [6.07, 6.45) is 0. The Morgan fingerprint density at radius 3 is 2.58 bits per heavy atom. The third-order valence-corrected chi connectivity index (χ3v) is 5.93. The highest BCUT2D eigenvalue weighted by molar-refractivity contribution is 7.89. The van der Waals surface area contributed by atoms with Crippen LogP contribution in [-0.4, -0.2) is 52.0 Å². The molecular formula is C18H20N2O5S. The first kappa shape index (κ1) is 18.4. The van der Waals surface area contributed by atoms with Crippen molar-refractivity contribution in [2.45, 2.75) is 4.90 Å². The molecule has 0 aromatic heterocycles. The Bertz CT molecular complexity index is 892. The van der Waals surface area contributed by atoms with Gasteiger partial charge in [0, 0.05) is 30.4 Å². The van der Waals surface area contributed by atoms with Crippen molar-refractivity contribution in [3.8, 4) is 5.75 Å². The standard InChI is InChI=1S/C18H20N2O5S/c1-24-16-6-3-5-15(13-16)19-18(21)14-4-2-7-17(12-14)26(22,23)20-8-10-25-11-9-20/h2-7,12-13H,8-11H2,1H3,(H,19,21). The molecule has 0 aliphatic carbocycles. The van der Waals surface area contributed by atoms with Gasteiger partial charge in [-0.2, -0.15) is 4.31 Å². The number of benzene rings is 2. The summed E-state index contributed by atoms with van der Waals surface area (Å²) in [7, 11) is -2.11. The summed E-state index contributed by atoms with van der Waals surface area (Å²) in [6, 6.07) is 13.0. The molecule has 1 aliphatic rings. The number of methoxy groups -OCH3 is 1. The smallest absolute Gasteiger partial charge is 0.255 e. The van der Waals surface area contributed by atoms with E-state index < -0.39 is 15.9 Å². The second-order valence-electron chi connectivity index (χ2n) is 5.73. The van der Waals surface area contributed by atoms with Crippen molar-refractivity contribution in [2.75, 3.05) is 38.7 Å². The van der Waals surface area contributed by atoms with Crippen LogP contribution in [0.4, 0.5) is 5.69 Å². The Morgan fingerprint density at radius 2 is 1.85 bits per heavy atom. The molecule has 1 heterocycles. The number of morpholine rings is 1. The molecular weight excluding hydrogens is 356 g/mol. The van der Waals surface area contributed by atoms with Crippen LogP contribution >= 0.6 is 0 Å². The Hall–Kier alpha value is -2.42. The molecule has 0 unspecified atom stereocenters. The van der Waals surface area contributed by atoms with E-state index in [1.807, 2.05) is 0 Å². The molecule has 2 aromatic rings. The van der Waals surface area contributed by atoms with Crippen LogP contribution in [0.25, 0.3) is 0 Å². The minimum atomic E-state index is -3.65. The van der Waals surface area contributed by atoms with E-state index in [9.17, 15) is 13.2 Å². The maximum Gasteiger partial charge on any atom is 0.255 e. The first-order valence-electron chi connectivity index (χ1n) is 8.14. The van der Waals surface area contributed by atoms with E-state index in [1.54, 1.807) is 43.5 Å². The zero-order valence-corrected chi connectivity index (χ0v) is 15.2. The quantitative estimate of drug-likeness (QED) is 0.862. The fraction of sp³-hybridized carbons (Fsp3) is 0.278. The molecule has 0 atom stereocenters. The highest BCUT2D eigenvalue weighted by Gasteiger charge is 2.26. The number of carbonyl (C=O) groups excluding carboxylic acids is 1. The molecule has 3 rings (SSSR count). The zero-order chi connectivity index (χ0) is 18.6. The lowest BCUT2D eigenvalue weighted by Crippen LogP contribution is -2.40. The molecule has 26 heavy (non-hydrogen) atoms. The van der Waals surface area contributed by atoms with E-state index in [4.69, 9.17) is 9.47 Å². The number of hydrogen-bond acceptors (Lipinski definition) is 5. The largest absolute Gasteiger partial charge is 0.497 e. The van der Waals surface area contributed by atoms with E-state index in [0.29, 0.717) is 37.7 Å². The molecule has 138 valence electrons. The number of rotatable bonds is 5. The van der Waals surface area contributed by atoms with Crippen molar-refractivity contribution in [1.82, 2.24) is 4.31 Å². The molecule has 1 aliphatic heterocycles. The molecule has 8 heteroatoms. The van der Waals surface area contributed by atoms with Gasteiger partial charge < -0.3 is 14.8 Å². The van der Waals surface area contributed by atoms with Crippen LogP contribution in [0.2, 0.25) is 0 Å². The fourth-order valence-corrected chi connectivity index (χ4v) is 4.09. The van der Waals surface area contributed by atoms with Crippen molar-refractivity contribution in [3.63, 3.8) is 0 Å². The van der Waals surface area contributed by atoms with Gasteiger partial charge in [0.15, 0.2) is 0 Å². The van der Waals surface area contributed by atoms with Crippen LogP contribution in [0, 0.1) is 0 Å². The predicted molar refractivity (Wildman–Crippen MR) is 97.0 cm³/mol. The van der Waals surface area contributed by atoms with Crippen LogP contribution in [-0.2, 0) is 14.8 Å². The SMILES string of the molecule is COc1cccc(NC(=O)c2cccc(S(=O)(=O)N3CCOCC3)c2)c1. The predicted octanol–water partition coefficient (Wildman–Crippen LogP) is 1.97. The Morgan fingerprint density at radius 1 is 1.12 bits per heavy atom. The average Bonchev–Trinajstić information content (AvgIpc) is 2.69. The molecule has 7 nitrogen and oxygen atoms in total. The first-order chi connectivity index (χ1) is 12.5. The van der Waals surface area contributed by atoms with Crippen molar-refractivity contribution >= 4 is 21.6 Å². The topological polar surface area (TPSA) is 84.9 Å².